The topological polar surface area (TPSA) is 42.0 Å². The Morgan fingerprint density at radius 2 is 1.90 bits per heavy atom. The van der Waals surface area contributed by atoms with Crippen molar-refractivity contribution >= 4 is 27.3 Å². The Hall–Kier alpha value is -2.20. The van der Waals surface area contributed by atoms with E-state index in [2.05, 4.69) is 22.4 Å². The first-order valence-corrected chi connectivity index (χ1v) is 7.67. The minimum absolute atomic E-state index is 0.0157. The van der Waals surface area contributed by atoms with Crippen LogP contribution in [0, 0.1) is 6.92 Å². The molecule has 1 amide bonds. The molecule has 1 aromatic carbocycles. The molecular formula is C17H16N2OS. The smallest absolute Gasteiger partial charge is 0.262 e. The summed E-state index contributed by atoms with van der Waals surface area (Å²) in [5.74, 6) is -0.0157. The Kier molecular flexibility index (Phi) is 3.71. The molecule has 2 heterocycles. The van der Waals surface area contributed by atoms with Gasteiger partial charge in [-0.25, -0.2) is 0 Å². The van der Waals surface area contributed by atoms with Gasteiger partial charge in [-0.15, -0.1) is 11.3 Å². The first-order valence-electron chi connectivity index (χ1n) is 6.85. The molecule has 0 fully saturated rings. The second-order valence-corrected chi connectivity index (χ2v) is 6.08. The van der Waals surface area contributed by atoms with Crippen LogP contribution in [0.3, 0.4) is 0 Å². The summed E-state index contributed by atoms with van der Waals surface area (Å²) in [6, 6.07) is 11.9. The molecule has 4 heteroatoms. The van der Waals surface area contributed by atoms with E-state index in [1.807, 2.05) is 38.1 Å². The van der Waals surface area contributed by atoms with E-state index in [9.17, 15) is 4.79 Å². The van der Waals surface area contributed by atoms with Gasteiger partial charge in [0.25, 0.3) is 5.91 Å². The van der Waals surface area contributed by atoms with E-state index in [1.54, 1.807) is 23.7 Å². The number of pyridine rings is 1. The van der Waals surface area contributed by atoms with Gasteiger partial charge in [0.15, 0.2) is 0 Å². The van der Waals surface area contributed by atoms with Gasteiger partial charge >= 0.3 is 0 Å². The third-order valence-electron chi connectivity index (χ3n) is 3.60. The number of aryl methyl sites for hydroxylation is 1. The quantitative estimate of drug-likeness (QED) is 0.790. The third kappa shape index (κ3) is 2.67. The third-order valence-corrected chi connectivity index (χ3v) is 4.88. The van der Waals surface area contributed by atoms with Gasteiger partial charge in [0, 0.05) is 17.1 Å². The van der Waals surface area contributed by atoms with Crippen molar-refractivity contribution in [3.05, 3.63) is 64.8 Å². The summed E-state index contributed by atoms with van der Waals surface area (Å²) in [4.78, 5) is 17.3. The molecule has 0 aliphatic rings. The summed E-state index contributed by atoms with van der Waals surface area (Å²) in [6.07, 6.45) is 3.48. The lowest BCUT2D eigenvalue weighted by Gasteiger charge is -2.13. The summed E-state index contributed by atoms with van der Waals surface area (Å²) in [6.45, 7) is 3.99. The van der Waals surface area contributed by atoms with E-state index in [0.717, 1.165) is 26.1 Å². The molecule has 0 radical (unpaired) electrons. The van der Waals surface area contributed by atoms with Crippen molar-refractivity contribution in [3.63, 3.8) is 0 Å². The Morgan fingerprint density at radius 3 is 2.62 bits per heavy atom. The van der Waals surface area contributed by atoms with E-state index >= 15 is 0 Å². The second kappa shape index (κ2) is 5.66. The molecule has 0 aliphatic heterocycles. The molecule has 0 bridgehead atoms. The second-order valence-electron chi connectivity index (χ2n) is 5.03. The van der Waals surface area contributed by atoms with Crippen LogP contribution in [0.4, 0.5) is 0 Å². The number of nitrogens with zero attached hydrogens (tertiary/aromatic N) is 1. The minimum Gasteiger partial charge on any atom is -0.345 e. The van der Waals surface area contributed by atoms with Crippen molar-refractivity contribution < 1.29 is 4.79 Å². The van der Waals surface area contributed by atoms with Gasteiger partial charge in [0.05, 0.1) is 10.9 Å². The molecule has 1 unspecified atom stereocenters. The molecule has 2 aromatic heterocycles. The highest BCUT2D eigenvalue weighted by Crippen LogP contribution is 2.30. The molecule has 0 aliphatic carbocycles. The molecule has 0 saturated heterocycles. The van der Waals surface area contributed by atoms with Crippen molar-refractivity contribution in [1.29, 1.82) is 0 Å². The highest BCUT2D eigenvalue weighted by Gasteiger charge is 2.17. The van der Waals surface area contributed by atoms with E-state index in [4.69, 9.17) is 0 Å². The Labute approximate surface area is 127 Å². The SMILES string of the molecule is Cc1c(C(=O)NC(C)c2ccncc2)sc2ccccc12. The number of amides is 1. The van der Waals surface area contributed by atoms with Crippen molar-refractivity contribution in [2.45, 2.75) is 19.9 Å². The van der Waals surface area contributed by atoms with Gasteiger partial charge < -0.3 is 5.32 Å². The normalized spacial score (nSPS) is 12.3. The average molecular weight is 296 g/mol. The summed E-state index contributed by atoms with van der Waals surface area (Å²) in [5.41, 5.74) is 2.10. The highest BCUT2D eigenvalue weighted by molar-refractivity contribution is 7.21. The monoisotopic (exact) mass is 296 g/mol. The van der Waals surface area contributed by atoms with Crippen LogP contribution in [0.5, 0.6) is 0 Å². The van der Waals surface area contributed by atoms with Crippen molar-refractivity contribution in [1.82, 2.24) is 10.3 Å². The van der Waals surface area contributed by atoms with Crippen LogP contribution in [0.1, 0.15) is 33.8 Å². The minimum atomic E-state index is -0.0369. The van der Waals surface area contributed by atoms with Crippen LogP contribution in [0.15, 0.2) is 48.8 Å². The van der Waals surface area contributed by atoms with Gasteiger partial charge in [-0.1, -0.05) is 18.2 Å². The predicted octanol–water partition coefficient (Wildman–Crippen LogP) is 4.10. The van der Waals surface area contributed by atoms with E-state index in [-0.39, 0.29) is 11.9 Å². The van der Waals surface area contributed by atoms with Gasteiger partial charge in [-0.2, -0.15) is 0 Å². The van der Waals surface area contributed by atoms with Gasteiger partial charge in [0.1, 0.15) is 0 Å². The molecule has 1 N–H and O–H groups in total. The average Bonchev–Trinajstić information content (AvgIpc) is 2.86. The van der Waals surface area contributed by atoms with Crippen LogP contribution in [-0.2, 0) is 0 Å². The Morgan fingerprint density at radius 1 is 1.19 bits per heavy atom. The van der Waals surface area contributed by atoms with E-state index < -0.39 is 0 Å². The van der Waals surface area contributed by atoms with Crippen LogP contribution in [0.25, 0.3) is 10.1 Å². The van der Waals surface area contributed by atoms with Crippen molar-refractivity contribution in [2.24, 2.45) is 0 Å². The fourth-order valence-electron chi connectivity index (χ4n) is 2.39. The molecule has 1 atom stereocenters. The Balaban J connectivity index is 1.86. The summed E-state index contributed by atoms with van der Waals surface area (Å²) < 4.78 is 1.15. The number of hydrogen-bond donors (Lipinski definition) is 1. The number of benzene rings is 1. The van der Waals surface area contributed by atoms with Crippen LogP contribution < -0.4 is 5.32 Å². The molecule has 21 heavy (non-hydrogen) atoms. The first kappa shape index (κ1) is 13.8. The van der Waals surface area contributed by atoms with E-state index in [1.165, 1.54) is 0 Å². The maximum Gasteiger partial charge on any atom is 0.262 e. The number of thiophene rings is 1. The maximum absolute atomic E-state index is 12.5. The molecule has 3 nitrogen and oxygen atoms in total. The standard InChI is InChI=1S/C17H16N2OS/c1-11-14-5-3-4-6-15(14)21-16(11)17(20)19-12(2)13-7-9-18-10-8-13/h3-10,12H,1-2H3,(H,19,20). The van der Waals surface area contributed by atoms with Crippen LogP contribution in [0.2, 0.25) is 0 Å². The number of aromatic nitrogens is 1. The van der Waals surface area contributed by atoms with E-state index in [0.29, 0.717) is 0 Å². The zero-order valence-electron chi connectivity index (χ0n) is 12.0. The zero-order valence-corrected chi connectivity index (χ0v) is 12.8. The predicted molar refractivity (Wildman–Crippen MR) is 86.7 cm³/mol. The van der Waals surface area contributed by atoms with Crippen LogP contribution >= 0.6 is 11.3 Å². The number of hydrogen-bond acceptors (Lipinski definition) is 3. The fraction of sp³-hybridized carbons (Fsp3) is 0.176. The molecular weight excluding hydrogens is 280 g/mol. The lowest BCUT2D eigenvalue weighted by Crippen LogP contribution is -2.26. The number of rotatable bonds is 3. The fourth-order valence-corrected chi connectivity index (χ4v) is 3.50. The van der Waals surface area contributed by atoms with Gasteiger partial charge in [0.2, 0.25) is 0 Å². The molecule has 106 valence electrons. The molecule has 0 spiro atoms. The highest BCUT2D eigenvalue weighted by atomic mass is 32.1. The van der Waals surface area contributed by atoms with Crippen molar-refractivity contribution in [2.75, 3.05) is 0 Å². The summed E-state index contributed by atoms with van der Waals surface area (Å²) in [7, 11) is 0. The number of nitrogens with one attached hydrogen (secondary N) is 1. The summed E-state index contributed by atoms with van der Waals surface area (Å²) >= 11 is 1.54. The maximum atomic E-state index is 12.5. The van der Waals surface area contributed by atoms with Crippen molar-refractivity contribution in [3.8, 4) is 0 Å². The first-order chi connectivity index (χ1) is 10.2. The molecule has 3 rings (SSSR count). The largest absolute Gasteiger partial charge is 0.345 e. The number of carbonyl (C=O) groups excluding carboxylic acids is 1. The lowest BCUT2D eigenvalue weighted by molar-refractivity contribution is 0.0943. The van der Waals surface area contributed by atoms with Gasteiger partial charge in [-0.05, 0) is 48.6 Å². The zero-order chi connectivity index (χ0) is 14.8. The lowest BCUT2D eigenvalue weighted by atomic mass is 10.1. The number of carbonyl (C=O) groups is 1. The summed E-state index contributed by atoms with van der Waals surface area (Å²) in [5, 5.41) is 4.21. The molecule has 0 saturated carbocycles. The molecule has 3 aromatic rings. The Bertz CT molecular complexity index is 780. The van der Waals surface area contributed by atoms with Gasteiger partial charge in [-0.3, -0.25) is 9.78 Å². The van der Waals surface area contributed by atoms with Crippen LogP contribution in [-0.4, -0.2) is 10.9 Å². The number of fused-ring (bicyclic) bond motifs is 1.